The third kappa shape index (κ3) is 1.80. The first kappa shape index (κ1) is 8.52. The number of hydrogen-bond acceptors (Lipinski definition) is 2. The summed E-state index contributed by atoms with van der Waals surface area (Å²) in [5.74, 6) is 0. The molecule has 1 radical (unpaired) electrons. The highest BCUT2D eigenvalue weighted by Gasteiger charge is 2.34. The van der Waals surface area contributed by atoms with Crippen molar-refractivity contribution >= 4 is 0 Å². The minimum Gasteiger partial charge on any atom is -0.375 e. The first-order valence-corrected chi connectivity index (χ1v) is 5.10. The lowest BCUT2D eigenvalue weighted by molar-refractivity contribution is 0.00349. The minimum absolute atomic E-state index is 0.183. The number of hydrogen-bond donors (Lipinski definition) is 1. The minimum atomic E-state index is 0.183. The van der Waals surface area contributed by atoms with Crippen LogP contribution >= 0.6 is 0 Å². The van der Waals surface area contributed by atoms with Crippen LogP contribution in [0.2, 0.25) is 0 Å². The summed E-state index contributed by atoms with van der Waals surface area (Å²) in [7, 11) is 0. The molecule has 1 spiro atoms. The van der Waals surface area contributed by atoms with Gasteiger partial charge in [0.05, 0.1) is 5.60 Å². The Kier molecular flexibility index (Phi) is 2.66. The van der Waals surface area contributed by atoms with Gasteiger partial charge in [-0.3, -0.25) is 0 Å². The van der Waals surface area contributed by atoms with Crippen LogP contribution in [0.25, 0.3) is 0 Å². The van der Waals surface area contributed by atoms with E-state index >= 15 is 0 Å². The van der Waals surface area contributed by atoms with E-state index in [1.54, 1.807) is 0 Å². The van der Waals surface area contributed by atoms with Crippen LogP contribution in [0.3, 0.4) is 0 Å². The monoisotopic (exact) mass is 168 g/mol. The van der Waals surface area contributed by atoms with Crippen LogP contribution in [0, 0.1) is 6.42 Å². The van der Waals surface area contributed by atoms with Crippen LogP contribution in [0.1, 0.15) is 32.1 Å². The van der Waals surface area contributed by atoms with Gasteiger partial charge in [-0.2, -0.15) is 0 Å². The van der Waals surface area contributed by atoms with Crippen molar-refractivity contribution in [3.05, 3.63) is 6.42 Å². The Morgan fingerprint density at radius 3 is 2.50 bits per heavy atom. The van der Waals surface area contributed by atoms with Crippen molar-refractivity contribution in [3.63, 3.8) is 0 Å². The molecule has 2 heterocycles. The molecule has 0 bridgehead atoms. The molecule has 0 aromatic rings. The van der Waals surface area contributed by atoms with Gasteiger partial charge in [-0.1, -0.05) is 0 Å². The summed E-state index contributed by atoms with van der Waals surface area (Å²) < 4.78 is 5.83. The lowest BCUT2D eigenvalue weighted by Gasteiger charge is -2.30. The largest absolute Gasteiger partial charge is 0.375 e. The van der Waals surface area contributed by atoms with Crippen molar-refractivity contribution in [3.8, 4) is 0 Å². The van der Waals surface area contributed by atoms with Crippen molar-refractivity contribution < 1.29 is 4.74 Å². The van der Waals surface area contributed by atoms with Gasteiger partial charge in [-0.05, 0) is 51.6 Å². The molecule has 0 aromatic heterocycles. The van der Waals surface area contributed by atoms with Crippen LogP contribution < -0.4 is 5.32 Å². The second kappa shape index (κ2) is 3.75. The van der Waals surface area contributed by atoms with Gasteiger partial charge in [0, 0.05) is 6.61 Å². The average Bonchev–Trinajstić information content (AvgIpc) is 2.47. The Bertz CT molecular complexity index is 131. The molecule has 2 fully saturated rings. The summed E-state index contributed by atoms with van der Waals surface area (Å²) in [6.07, 6.45) is 8.53. The zero-order valence-electron chi connectivity index (χ0n) is 7.64. The third-order valence-corrected chi connectivity index (χ3v) is 2.93. The predicted molar refractivity (Wildman–Crippen MR) is 48.9 cm³/mol. The fourth-order valence-electron chi connectivity index (χ4n) is 2.27. The van der Waals surface area contributed by atoms with Crippen LogP contribution in [-0.2, 0) is 4.74 Å². The SMILES string of the molecule is [CH]1CCOC12CCCNCCC2. The van der Waals surface area contributed by atoms with Crippen molar-refractivity contribution in [2.24, 2.45) is 0 Å². The lowest BCUT2D eigenvalue weighted by Crippen LogP contribution is -2.33. The zero-order chi connectivity index (χ0) is 8.28. The quantitative estimate of drug-likeness (QED) is 0.592. The number of rotatable bonds is 0. The molecule has 69 valence electrons. The lowest BCUT2D eigenvalue weighted by atomic mass is 9.88. The highest BCUT2D eigenvalue weighted by atomic mass is 16.5. The van der Waals surface area contributed by atoms with Crippen molar-refractivity contribution in [1.82, 2.24) is 5.32 Å². The summed E-state index contributed by atoms with van der Waals surface area (Å²) >= 11 is 0. The summed E-state index contributed by atoms with van der Waals surface area (Å²) in [6.45, 7) is 3.28. The summed E-state index contributed by atoms with van der Waals surface area (Å²) in [6, 6.07) is 0. The van der Waals surface area contributed by atoms with E-state index in [2.05, 4.69) is 11.7 Å². The van der Waals surface area contributed by atoms with E-state index in [1.165, 1.54) is 38.8 Å². The van der Waals surface area contributed by atoms with Crippen molar-refractivity contribution in [2.75, 3.05) is 19.7 Å². The van der Waals surface area contributed by atoms with Crippen molar-refractivity contribution in [1.29, 1.82) is 0 Å². The topological polar surface area (TPSA) is 21.3 Å². The Morgan fingerprint density at radius 2 is 1.92 bits per heavy atom. The summed E-state index contributed by atoms with van der Waals surface area (Å²) in [4.78, 5) is 0. The molecule has 2 aliphatic rings. The van der Waals surface area contributed by atoms with Crippen LogP contribution in [-0.4, -0.2) is 25.3 Å². The molecule has 2 saturated heterocycles. The van der Waals surface area contributed by atoms with E-state index in [-0.39, 0.29) is 5.60 Å². The smallest absolute Gasteiger partial charge is 0.0716 e. The van der Waals surface area contributed by atoms with Crippen molar-refractivity contribution in [2.45, 2.75) is 37.7 Å². The van der Waals surface area contributed by atoms with Gasteiger partial charge in [0.25, 0.3) is 0 Å². The summed E-state index contributed by atoms with van der Waals surface area (Å²) in [5.41, 5.74) is 0.183. The van der Waals surface area contributed by atoms with E-state index in [0.29, 0.717) is 0 Å². The molecule has 0 amide bonds. The Balaban J connectivity index is 1.92. The number of ether oxygens (including phenoxy) is 1. The first-order valence-electron chi connectivity index (χ1n) is 5.10. The van der Waals surface area contributed by atoms with E-state index in [0.717, 1.165) is 13.0 Å². The highest BCUT2D eigenvalue weighted by molar-refractivity contribution is 4.99. The number of nitrogens with one attached hydrogen (secondary N) is 1. The van der Waals surface area contributed by atoms with Gasteiger partial charge >= 0.3 is 0 Å². The maximum Gasteiger partial charge on any atom is 0.0716 e. The molecule has 0 atom stereocenters. The Hall–Kier alpha value is -0.0800. The van der Waals surface area contributed by atoms with E-state index in [9.17, 15) is 0 Å². The fraction of sp³-hybridized carbons (Fsp3) is 0.900. The van der Waals surface area contributed by atoms with Gasteiger partial charge in [-0.25, -0.2) is 0 Å². The Morgan fingerprint density at radius 1 is 1.17 bits per heavy atom. The Labute approximate surface area is 74.7 Å². The highest BCUT2D eigenvalue weighted by Crippen LogP contribution is 2.34. The molecule has 0 aromatic carbocycles. The third-order valence-electron chi connectivity index (χ3n) is 2.93. The zero-order valence-corrected chi connectivity index (χ0v) is 7.64. The molecule has 1 N–H and O–H groups in total. The second-order valence-corrected chi connectivity index (χ2v) is 3.86. The average molecular weight is 168 g/mol. The van der Waals surface area contributed by atoms with Crippen LogP contribution in [0.4, 0.5) is 0 Å². The van der Waals surface area contributed by atoms with Gasteiger partial charge in [-0.15, -0.1) is 0 Å². The van der Waals surface area contributed by atoms with Gasteiger partial charge < -0.3 is 10.1 Å². The predicted octanol–water partition coefficient (Wildman–Crippen LogP) is 1.51. The van der Waals surface area contributed by atoms with Crippen LogP contribution in [0.15, 0.2) is 0 Å². The van der Waals surface area contributed by atoms with E-state index in [4.69, 9.17) is 4.74 Å². The fourth-order valence-corrected chi connectivity index (χ4v) is 2.27. The van der Waals surface area contributed by atoms with Gasteiger partial charge in [0.1, 0.15) is 0 Å². The van der Waals surface area contributed by atoms with Gasteiger partial charge in [0.2, 0.25) is 0 Å². The maximum atomic E-state index is 5.83. The molecule has 2 rings (SSSR count). The van der Waals surface area contributed by atoms with E-state index < -0.39 is 0 Å². The molecule has 2 aliphatic heterocycles. The molecular formula is C10H18NO. The molecule has 12 heavy (non-hydrogen) atoms. The summed E-state index contributed by atoms with van der Waals surface area (Å²) in [5, 5.41) is 3.42. The van der Waals surface area contributed by atoms with Crippen LogP contribution in [0.5, 0.6) is 0 Å². The first-order chi connectivity index (χ1) is 5.91. The molecule has 0 aliphatic carbocycles. The molecule has 2 nitrogen and oxygen atoms in total. The molecule has 0 saturated carbocycles. The normalized spacial score (nSPS) is 30.0. The van der Waals surface area contributed by atoms with E-state index in [1.807, 2.05) is 0 Å². The molecule has 0 unspecified atom stereocenters. The van der Waals surface area contributed by atoms with Gasteiger partial charge in [0.15, 0.2) is 0 Å². The molecule has 2 heteroatoms. The second-order valence-electron chi connectivity index (χ2n) is 3.86. The maximum absolute atomic E-state index is 5.83. The standard InChI is InChI=1S/C10H18NO/c1-4-10(6-3-9-12-10)5-2-8-11-7-1/h6,11H,1-5,7-9H2. The molecular weight excluding hydrogens is 150 g/mol.